The van der Waals surface area contributed by atoms with E-state index in [1.165, 1.54) is 6.08 Å². The van der Waals surface area contributed by atoms with Crippen LogP contribution >= 0.6 is 0 Å². The Morgan fingerprint density at radius 1 is 1.28 bits per heavy atom. The van der Waals surface area contributed by atoms with Gasteiger partial charge < -0.3 is 15.3 Å². The molecule has 2 aliphatic rings. The van der Waals surface area contributed by atoms with E-state index >= 15 is 0 Å². The fourth-order valence-corrected chi connectivity index (χ4v) is 5.51. The number of aliphatic hydroxyl groups excluding tert-OH is 1. The second-order valence-electron chi connectivity index (χ2n) is 8.46. The molecule has 2 saturated carbocycles. The molecule has 0 spiro atoms. The van der Waals surface area contributed by atoms with Crippen molar-refractivity contribution in [3.63, 3.8) is 0 Å². The third-order valence-electron chi connectivity index (χ3n) is 6.63. The van der Waals surface area contributed by atoms with E-state index in [1.807, 2.05) is 0 Å². The average Bonchev–Trinajstić information content (AvgIpc) is 2.44. The first kappa shape index (κ1) is 19.7. The first-order valence-corrected chi connectivity index (χ1v) is 9.00. The number of carboxylic acid groups (broad SMARTS) is 2. The first-order chi connectivity index (χ1) is 11.5. The molecule has 0 aromatic rings. The second-order valence-corrected chi connectivity index (χ2v) is 8.46. The van der Waals surface area contributed by atoms with Crippen molar-refractivity contribution in [2.24, 2.45) is 22.7 Å². The van der Waals surface area contributed by atoms with Crippen molar-refractivity contribution >= 4 is 11.9 Å². The highest BCUT2D eigenvalue weighted by Crippen LogP contribution is 2.62. The van der Waals surface area contributed by atoms with E-state index in [2.05, 4.69) is 13.5 Å². The van der Waals surface area contributed by atoms with Crippen molar-refractivity contribution in [3.8, 4) is 0 Å². The van der Waals surface area contributed by atoms with Crippen molar-refractivity contribution < 1.29 is 24.9 Å². The molecule has 3 N–H and O–H groups in total. The molecule has 0 aliphatic heterocycles. The number of aliphatic carboxylic acids is 2. The summed E-state index contributed by atoms with van der Waals surface area (Å²) < 4.78 is 0. The van der Waals surface area contributed by atoms with Crippen LogP contribution in [-0.2, 0) is 9.59 Å². The molecule has 2 aliphatic carbocycles. The molecule has 0 aromatic heterocycles. The normalized spacial score (nSPS) is 39.0. The molecule has 25 heavy (non-hydrogen) atoms. The van der Waals surface area contributed by atoms with E-state index in [1.54, 1.807) is 13.8 Å². The van der Waals surface area contributed by atoms with E-state index in [0.717, 1.165) is 30.4 Å². The van der Waals surface area contributed by atoms with Crippen LogP contribution in [0.1, 0.15) is 59.3 Å². The van der Waals surface area contributed by atoms with Gasteiger partial charge in [-0.1, -0.05) is 24.6 Å². The van der Waals surface area contributed by atoms with Crippen molar-refractivity contribution in [1.82, 2.24) is 0 Å². The lowest BCUT2D eigenvalue weighted by Crippen LogP contribution is -2.56. The van der Waals surface area contributed by atoms with Crippen LogP contribution in [0.5, 0.6) is 0 Å². The summed E-state index contributed by atoms with van der Waals surface area (Å²) in [5, 5.41) is 29.1. The fraction of sp³-hybridized carbons (Fsp3) is 0.700. The fourth-order valence-electron chi connectivity index (χ4n) is 5.51. The van der Waals surface area contributed by atoms with Crippen LogP contribution in [0.3, 0.4) is 0 Å². The van der Waals surface area contributed by atoms with Gasteiger partial charge in [0, 0.05) is 6.08 Å². The van der Waals surface area contributed by atoms with Gasteiger partial charge in [-0.15, -0.1) is 0 Å². The molecule has 2 fully saturated rings. The molecule has 2 rings (SSSR count). The maximum Gasteiger partial charge on any atom is 0.328 e. The SMILES string of the molecule is C=C1CC[C@@H]2[C@@](C)(C[C@@H](O)C[C@@]2(C)C(=O)O)[C@@H]1CC/C(C)=C/C(=O)O. The Hall–Kier alpha value is -1.62. The Bertz CT molecular complexity index is 607. The summed E-state index contributed by atoms with van der Waals surface area (Å²) in [5.74, 6) is -1.71. The lowest BCUT2D eigenvalue weighted by Gasteiger charge is -2.58. The second kappa shape index (κ2) is 6.94. The third kappa shape index (κ3) is 3.66. The van der Waals surface area contributed by atoms with Gasteiger partial charge in [0.1, 0.15) is 0 Å². The van der Waals surface area contributed by atoms with Gasteiger partial charge >= 0.3 is 11.9 Å². The van der Waals surface area contributed by atoms with Crippen LogP contribution < -0.4 is 0 Å². The summed E-state index contributed by atoms with van der Waals surface area (Å²) in [6.07, 6.45) is 4.42. The number of hydrogen-bond donors (Lipinski definition) is 3. The number of rotatable bonds is 5. The van der Waals surface area contributed by atoms with Crippen LogP contribution in [0.25, 0.3) is 0 Å². The summed E-state index contributed by atoms with van der Waals surface area (Å²) in [4.78, 5) is 22.8. The van der Waals surface area contributed by atoms with Gasteiger partial charge in [-0.25, -0.2) is 4.79 Å². The molecule has 0 unspecified atom stereocenters. The van der Waals surface area contributed by atoms with Crippen molar-refractivity contribution in [2.45, 2.75) is 65.4 Å². The Morgan fingerprint density at radius 3 is 2.48 bits per heavy atom. The zero-order valence-corrected chi connectivity index (χ0v) is 15.4. The standard InChI is InChI=1S/C20H30O5/c1-12(9-17(22)23)5-7-15-13(2)6-8-16-19(15,3)10-14(21)11-20(16,4)18(24)25/h9,14-16,21H,2,5-8,10-11H2,1,3-4H3,(H,22,23)(H,24,25)/b12-9+/t14-,15-,16-,19+,20-/m1/s1. The zero-order chi connectivity index (χ0) is 19.0. The molecule has 5 atom stereocenters. The molecular formula is C20H30O5. The Balaban J connectivity index is 2.31. The molecule has 0 bridgehead atoms. The van der Waals surface area contributed by atoms with Crippen LogP contribution in [0, 0.1) is 22.7 Å². The van der Waals surface area contributed by atoms with Gasteiger partial charge in [0.2, 0.25) is 0 Å². The van der Waals surface area contributed by atoms with Gasteiger partial charge in [0.15, 0.2) is 0 Å². The molecule has 5 nitrogen and oxygen atoms in total. The van der Waals surface area contributed by atoms with Gasteiger partial charge in [-0.05, 0) is 69.6 Å². The summed E-state index contributed by atoms with van der Waals surface area (Å²) in [6, 6.07) is 0. The number of fused-ring (bicyclic) bond motifs is 1. The number of allylic oxidation sites excluding steroid dienone is 2. The van der Waals surface area contributed by atoms with Crippen LogP contribution in [0.2, 0.25) is 0 Å². The molecule has 0 heterocycles. The molecular weight excluding hydrogens is 320 g/mol. The molecule has 0 radical (unpaired) electrons. The van der Waals surface area contributed by atoms with E-state index < -0.39 is 23.5 Å². The lowest BCUT2D eigenvalue weighted by molar-refractivity contribution is -0.173. The highest BCUT2D eigenvalue weighted by molar-refractivity contribution is 5.80. The minimum atomic E-state index is -0.949. The van der Waals surface area contributed by atoms with E-state index in [-0.39, 0.29) is 17.3 Å². The van der Waals surface area contributed by atoms with Gasteiger partial charge in [0.25, 0.3) is 0 Å². The molecule has 5 heteroatoms. The quantitative estimate of drug-likeness (QED) is 0.520. The summed E-state index contributed by atoms with van der Waals surface area (Å²) in [5.41, 5.74) is 0.633. The van der Waals surface area contributed by atoms with Crippen LogP contribution in [0.15, 0.2) is 23.8 Å². The van der Waals surface area contributed by atoms with Gasteiger partial charge in [-0.2, -0.15) is 0 Å². The first-order valence-electron chi connectivity index (χ1n) is 9.00. The largest absolute Gasteiger partial charge is 0.481 e. The van der Waals surface area contributed by atoms with Crippen molar-refractivity contribution in [3.05, 3.63) is 23.8 Å². The van der Waals surface area contributed by atoms with Crippen molar-refractivity contribution in [2.75, 3.05) is 0 Å². The Labute approximate surface area is 149 Å². The summed E-state index contributed by atoms with van der Waals surface area (Å²) in [6.45, 7) is 9.88. The van der Waals surface area contributed by atoms with Crippen molar-refractivity contribution in [1.29, 1.82) is 0 Å². The number of carbonyl (C=O) groups is 2. The summed E-state index contributed by atoms with van der Waals surface area (Å²) in [7, 11) is 0. The van der Waals surface area contributed by atoms with Gasteiger partial charge in [-0.3, -0.25) is 4.79 Å². The highest BCUT2D eigenvalue weighted by atomic mass is 16.4. The minimum absolute atomic E-state index is 0.0137. The maximum absolute atomic E-state index is 12.0. The molecule has 0 aromatic carbocycles. The monoisotopic (exact) mass is 350 g/mol. The van der Waals surface area contributed by atoms with E-state index in [4.69, 9.17) is 5.11 Å². The predicted molar refractivity (Wildman–Crippen MR) is 95.1 cm³/mol. The Kier molecular flexibility index (Phi) is 5.47. The smallest absolute Gasteiger partial charge is 0.328 e. The highest BCUT2D eigenvalue weighted by Gasteiger charge is 2.59. The number of hydrogen-bond acceptors (Lipinski definition) is 3. The third-order valence-corrected chi connectivity index (χ3v) is 6.63. The maximum atomic E-state index is 12.0. The van der Waals surface area contributed by atoms with Crippen LogP contribution in [0.4, 0.5) is 0 Å². The Morgan fingerprint density at radius 2 is 1.92 bits per heavy atom. The summed E-state index contributed by atoms with van der Waals surface area (Å²) >= 11 is 0. The molecule has 140 valence electrons. The number of carboxylic acids is 2. The van der Waals surface area contributed by atoms with E-state index in [0.29, 0.717) is 19.3 Å². The minimum Gasteiger partial charge on any atom is -0.481 e. The molecule has 0 amide bonds. The zero-order valence-electron chi connectivity index (χ0n) is 15.4. The molecule has 0 saturated heterocycles. The predicted octanol–water partition coefficient (Wildman–Crippen LogP) is 3.63. The average molecular weight is 350 g/mol. The van der Waals surface area contributed by atoms with Gasteiger partial charge in [0.05, 0.1) is 11.5 Å². The van der Waals surface area contributed by atoms with Crippen LogP contribution in [-0.4, -0.2) is 33.4 Å². The number of aliphatic hydroxyl groups is 1. The topological polar surface area (TPSA) is 94.8 Å². The van der Waals surface area contributed by atoms with E-state index in [9.17, 15) is 19.8 Å². The lowest BCUT2D eigenvalue weighted by atomic mass is 9.46.